The molecule has 0 fully saturated rings. The highest BCUT2D eigenvalue weighted by atomic mass is 16.4. The maximum atomic E-state index is 11.0. The number of rotatable bonds is 2. The molecule has 0 unspecified atom stereocenters. The molecule has 1 N–H and O–H groups in total. The summed E-state index contributed by atoms with van der Waals surface area (Å²) in [5.74, 6) is -0.867. The first kappa shape index (κ1) is 9.77. The Hall–Kier alpha value is -1.77. The molecule has 1 heterocycles. The fraction of sp³-hybridized carbons (Fsp3) is 0.250. The van der Waals surface area contributed by atoms with Crippen molar-refractivity contribution in [2.75, 3.05) is 0 Å². The highest BCUT2D eigenvalue weighted by Crippen LogP contribution is 2.24. The number of hydrogen-bond donors (Lipinski definition) is 1. The van der Waals surface area contributed by atoms with Gasteiger partial charge in [-0.15, -0.1) is 0 Å². The van der Waals surface area contributed by atoms with Gasteiger partial charge in [-0.2, -0.15) is 0 Å². The van der Waals surface area contributed by atoms with Gasteiger partial charge in [0.2, 0.25) is 0 Å². The van der Waals surface area contributed by atoms with E-state index in [0.717, 1.165) is 17.3 Å². The van der Waals surface area contributed by atoms with E-state index in [0.29, 0.717) is 5.56 Å². The van der Waals surface area contributed by atoms with Gasteiger partial charge < -0.3 is 9.67 Å². The molecular formula is C12H13NO2. The SMILES string of the molecule is CCc1cccc2c(C(=O)O)cn(C)c12. The molecule has 0 atom stereocenters. The van der Waals surface area contributed by atoms with Crippen LogP contribution in [0.4, 0.5) is 0 Å². The van der Waals surface area contributed by atoms with Gasteiger partial charge in [-0.3, -0.25) is 0 Å². The minimum atomic E-state index is -0.867. The summed E-state index contributed by atoms with van der Waals surface area (Å²) in [5, 5.41) is 9.87. The van der Waals surface area contributed by atoms with Crippen LogP contribution in [0.15, 0.2) is 24.4 Å². The predicted molar refractivity (Wildman–Crippen MR) is 59.3 cm³/mol. The molecule has 0 bridgehead atoms. The summed E-state index contributed by atoms with van der Waals surface area (Å²) in [4.78, 5) is 11.0. The van der Waals surface area contributed by atoms with Gasteiger partial charge in [0.05, 0.1) is 11.1 Å². The van der Waals surface area contributed by atoms with Crippen LogP contribution in [0.5, 0.6) is 0 Å². The monoisotopic (exact) mass is 203 g/mol. The van der Waals surface area contributed by atoms with Crippen molar-refractivity contribution >= 4 is 16.9 Å². The maximum absolute atomic E-state index is 11.0. The van der Waals surface area contributed by atoms with Gasteiger partial charge in [0.15, 0.2) is 0 Å². The highest BCUT2D eigenvalue weighted by molar-refractivity contribution is 6.04. The van der Waals surface area contributed by atoms with Gasteiger partial charge in [-0.05, 0) is 12.0 Å². The Morgan fingerprint density at radius 2 is 2.20 bits per heavy atom. The molecule has 0 saturated carbocycles. The average molecular weight is 203 g/mol. The van der Waals surface area contributed by atoms with Crippen molar-refractivity contribution in [2.24, 2.45) is 7.05 Å². The van der Waals surface area contributed by atoms with Gasteiger partial charge in [-0.25, -0.2) is 4.79 Å². The number of fused-ring (bicyclic) bond motifs is 1. The standard InChI is InChI=1S/C12H13NO2/c1-3-8-5-4-6-9-10(12(14)15)7-13(2)11(8)9/h4-7H,3H2,1-2H3,(H,14,15). The van der Waals surface area contributed by atoms with Gasteiger partial charge in [0.25, 0.3) is 0 Å². The van der Waals surface area contributed by atoms with Crippen LogP contribution < -0.4 is 0 Å². The molecule has 2 rings (SSSR count). The molecule has 0 amide bonds. The quantitative estimate of drug-likeness (QED) is 0.814. The van der Waals surface area contributed by atoms with Gasteiger partial charge in [-0.1, -0.05) is 25.1 Å². The Labute approximate surface area is 87.9 Å². The van der Waals surface area contributed by atoms with E-state index in [1.54, 1.807) is 6.20 Å². The van der Waals surface area contributed by atoms with E-state index in [1.165, 1.54) is 5.56 Å². The van der Waals surface area contributed by atoms with Crippen molar-refractivity contribution in [3.05, 3.63) is 35.5 Å². The van der Waals surface area contributed by atoms with E-state index in [9.17, 15) is 4.79 Å². The molecule has 3 heteroatoms. The first-order chi connectivity index (χ1) is 7.15. The lowest BCUT2D eigenvalue weighted by molar-refractivity contribution is 0.0699. The number of para-hydroxylation sites is 1. The summed E-state index contributed by atoms with van der Waals surface area (Å²) < 4.78 is 1.89. The second-order valence-corrected chi connectivity index (χ2v) is 3.63. The van der Waals surface area contributed by atoms with Crippen LogP contribution in [0.2, 0.25) is 0 Å². The lowest BCUT2D eigenvalue weighted by atomic mass is 10.1. The normalized spacial score (nSPS) is 10.8. The van der Waals surface area contributed by atoms with Crippen LogP contribution in [0.25, 0.3) is 10.9 Å². The molecule has 3 nitrogen and oxygen atoms in total. The Bertz CT molecular complexity index is 526. The smallest absolute Gasteiger partial charge is 0.337 e. The first-order valence-electron chi connectivity index (χ1n) is 4.95. The third-order valence-corrected chi connectivity index (χ3v) is 2.70. The van der Waals surface area contributed by atoms with Gasteiger partial charge in [0, 0.05) is 18.6 Å². The van der Waals surface area contributed by atoms with Gasteiger partial charge >= 0.3 is 5.97 Å². The second kappa shape index (κ2) is 3.42. The molecule has 1 aromatic carbocycles. The number of benzene rings is 1. The zero-order valence-corrected chi connectivity index (χ0v) is 8.82. The topological polar surface area (TPSA) is 42.2 Å². The fourth-order valence-electron chi connectivity index (χ4n) is 2.01. The molecule has 1 aromatic heterocycles. The fourth-order valence-corrected chi connectivity index (χ4v) is 2.01. The maximum Gasteiger partial charge on any atom is 0.337 e. The van der Waals surface area contributed by atoms with Crippen molar-refractivity contribution in [1.82, 2.24) is 4.57 Å². The van der Waals surface area contributed by atoms with Crippen LogP contribution >= 0.6 is 0 Å². The van der Waals surface area contributed by atoms with E-state index in [2.05, 4.69) is 6.92 Å². The number of carboxylic acids is 1. The molecule has 0 spiro atoms. The molecule has 0 aliphatic rings. The number of nitrogens with zero attached hydrogens (tertiary/aromatic N) is 1. The van der Waals surface area contributed by atoms with Crippen LogP contribution in [0.1, 0.15) is 22.8 Å². The lowest BCUT2D eigenvalue weighted by Gasteiger charge is -2.02. The lowest BCUT2D eigenvalue weighted by Crippen LogP contribution is -1.93. The average Bonchev–Trinajstić information content (AvgIpc) is 2.56. The van der Waals surface area contributed by atoms with Crippen molar-refractivity contribution in [3.8, 4) is 0 Å². The molecule has 15 heavy (non-hydrogen) atoms. The Morgan fingerprint density at radius 1 is 1.47 bits per heavy atom. The first-order valence-corrected chi connectivity index (χ1v) is 4.95. The van der Waals surface area contributed by atoms with Crippen LogP contribution in [-0.2, 0) is 13.5 Å². The summed E-state index contributed by atoms with van der Waals surface area (Å²) in [6, 6.07) is 5.81. The summed E-state index contributed by atoms with van der Waals surface area (Å²) in [5.41, 5.74) is 2.59. The molecule has 0 saturated heterocycles. The van der Waals surface area contributed by atoms with E-state index in [-0.39, 0.29) is 0 Å². The van der Waals surface area contributed by atoms with Crippen molar-refractivity contribution < 1.29 is 9.90 Å². The summed E-state index contributed by atoms with van der Waals surface area (Å²) in [6.45, 7) is 2.07. The van der Waals surface area contributed by atoms with E-state index < -0.39 is 5.97 Å². The Balaban J connectivity index is 2.85. The largest absolute Gasteiger partial charge is 0.478 e. The summed E-state index contributed by atoms with van der Waals surface area (Å²) in [6.07, 6.45) is 2.58. The molecular weight excluding hydrogens is 190 g/mol. The third-order valence-electron chi connectivity index (χ3n) is 2.70. The zero-order chi connectivity index (χ0) is 11.0. The molecule has 0 aliphatic carbocycles. The van der Waals surface area contributed by atoms with Crippen molar-refractivity contribution in [3.63, 3.8) is 0 Å². The highest BCUT2D eigenvalue weighted by Gasteiger charge is 2.13. The summed E-state index contributed by atoms with van der Waals surface area (Å²) in [7, 11) is 1.88. The van der Waals surface area contributed by atoms with E-state index >= 15 is 0 Å². The Kier molecular flexibility index (Phi) is 2.23. The number of aryl methyl sites for hydroxylation is 2. The summed E-state index contributed by atoms with van der Waals surface area (Å²) >= 11 is 0. The molecule has 0 aliphatic heterocycles. The van der Waals surface area contributed by atoms with E-state index in [4.69, 9.17) is 5.11 Å². The zero-order valence-electron chi connectivity index (χ0n) is 8.82. The van der Waals surface area contributed by atoms with E-state index in [1.807, 2.05) is 29.8 Å². The minimum absolute atomic E-state index is 0.378. The number of carbonyl (C=O) groups is 1. The molecule has 78 valence electrons. The second-order valence-electron chi connectivity index (χ2n) is 3.63. The molecule has 0 radical (unpaired) electrons. The number of carboxylic acid groups (broad SMARTS) is 1. The van der Waals surface area contributed by atoms with Gasteiger partial charge in [0.1, 0.15) is 0 Å². The van der Waals surface area contributed by atoms with Crippen LogP contribution in [0.3, 0.4) is 0 Å². The van der Waals surface area contributed by atoms with Crippen molar-refractivity contribution in [2.45, 2.75) is 13.3 Å². The minimum Gasteiger partial charge on any atom is -0.478 e. The van der Waals surface area contributed by atoms with Crippen LogP contribution in [-0.4, -0.2) is 15.6 Å². The number of aromatic nitrogens is 1. The Morgan fingerprint density at radius 3 is 2.80 bits per heavy atom. The predicted octanol–water partition coefficient (Wildman–Crippen LogP) is 2.44. The molecule has 2 aromatic rings. The third kappa shape index (κ3) is 1.40. The van der Waals surface area contributed by atoms with Crippen molar-refractivity contribution in [1.29, 1.82) is 0 Å². The number of hydrogen-bond acceptors (Lipinski definition) is 1. The van der Waals surface area contributed by atoms with Crippen LogP contribution in [0, 0.1) is 0 Å². The number of aromatic carboxylic acids is 1.